The molecule has 1 heterocycles. The van der Waals surface area contributed by atoms with Gasteiger partial charge in [0.2, 0.25) is 0 Å². The van der Waals surface area contributed by atoms with Crippen molar-refractivity contribution >= 4 is 5.97 Å². The van der Waals surface area contributed by atoms with E-state index in [1.807, 2.05) is 27.1 Å². The van der Waals surface area contributed by atoms with Gasteiger partial charge in [-0.05, 0) is 26.9 Å². The molecule has 0 aliphatic heterocycles. The molecule has 0 fully saturated rings. The van der Waals surface area contributed by atoms with Gasteiger partial charge >= 0.3 is 5.97 Å². The smallest absolute Gasteiger partial charge is 0.327 e. The van der Waals surface area contributed by atoms with Crippen LogP contribution >= 0.6 is 0 Å². The summed E-state index contributed by atoms with van der Waals surface area (Å²) in [4.78, 5) is 14.5. The lowest BCUT2D eigenvalue weighted by atomic mass is 10.1. The van der Waals surface area contributed by atoms with Crippen molar-refractivity contribution in [2.24, 2.45) is 7.05 Å². The Morgan fingerprint density at radius 3 is 2.57 bits per heavy atom. The number of carbonyl (C=O) groups is 1. The predicted octanol–water partition coefficient (Wildman–Crippen LogP) is 1.26. The summed E-state index contributed by atoms with van der Waals surface area (Å²) < 4.78 is 6.91. The molecule has 120 valence electrons. The normalized spacial score (nSPS) is 12.7. The summed E-state index contributed by atoms with van der Waals surface area (Å²) in [7, 11) is 1.86. The fourth-order valence-corrected chi connectivity index (χ4v) is 2.35. The maximum Gasteiger partial charge on any atom is 0.327 e. The van der Waals surface area contributed by atoms with Gasteiger partial charge in [0, 0.05) is 31.9 Å². The first-order valence-corrected chi connectivity index (χ1v) is 7.65. The highest BCUT2D eigenvalue weighted by atomic mass is 16.5. The summed E-state index contributed by atoms with van der Waals surface area (Å²) in [6.07, 6.45) is 1.88. The average Bonchev–Trinajstić information content (AvgIpc) is 2.78. The first-order valence-electron chi connectivity index (χ1n) is 7.65. The van der Waals surface area contributed by atoms with Crippen LogP contribution in [0.15, 0.2) is 6.20 Å². The molecule has 6 heteroatoms. The number of carbonyl (C=O) groups excluding carboxylic acids is 1. The lowest BCUT2D eigenvalue weighted by Gasteiger charge is -2.21. The van der Waals surface area contributed by atoms with Crippen molar-refractivity contribution in [1.82, 2.24) is 20.0 Å². The number of nitrogens with one attached hydrogen (secondary N) is 1. The molecule has 1 unspecified atom stereocenters. The minimum atomic E-state index is -0.450. The first-order chi connectivity index (χ1) is 10.0. The van der Waals surface area contributed by atoms with Crippen LogP contribution in [0.1, 0.15) is 38.1 Å². The highest BCUT2D eigenvalue weighted by Crippen LogP contribution is 2.17. The second kappa shape index (κ2) is 8.79. The SMILES string of the molecule is CCOC(=O)C(NCCN(CC)CC)c1cn(C)nc1C. The Labute approximate surface area is 127 Å². The Balaban J connectivity index is 2.74. The molecule has 0 aromatic carbocycles. The summed E-state index contributed by atoms with van der Waals surface area (Å²) in [5.41, 5.74) is 1.74. The monoisotopic (exact) mass is 296 g/mol. The van der Waals surface area contributed by atoms with Gasteiger partial charge in [0.15, 0.2) is 0 Å². The molecule has 0 saturated carbocycles. The third-order valence-corrected chi connectivity index (χ3v) is 3.56. The number of rotatable bonds is 9. The van der Waals surface area contributed by atoms with Crippen molar-refractivity contribution in [3.8, 4) is 0 Å². The van der Waals surface area contributed by atoms with Crippen LogP contribution in [0.5, 0.6) is 0 Å². The fraction of sp³-hybridized carbons (Fsp3) is 0.733. The molecular formula is C15H28N4O2. The van der Waals surface area contributed by atoms with Gasteiger partial charge in [-0.3, -0.25) is 10.00 Å². The van der Waals surface area contributed by atoms with Gasteiger partial charge in [-0.25, -0.2) is 4.79 Å². The maximum atomic E-state index is 12.2. The van der Waals surface area contributed by atoms with Gasteiger partial charge in [0.05, 0.1) is 12.3 Å². The van der Waals surface area contributed by atoms with Crippen LogP contribution in [0.25, 0.3) is 0 Å². The molecule has 0 bridgehead atoms. The molecule has 21 heavy (non-hydrogen) atoms. The maximum absolute atomic E-state index is 12.2. The number of ether oxygens (including phenoxy) is 1. The van der Waals surface area contributed by atoms with Gasteiger partial charge in [-0.1, -0.05) is 13.8 Å². The minimum absolute atomic E-state index is 0.242. The number of hydrogen-bond acceptors (Lipinski definition) is 5. The lowest BCUT2D eigenvalue weighted by molar-refractivity contribution is -0.145. The Hall–Kier alpha value is -1.40. The Bertz CT molecular complexity index is 441. The fourth-order valence-electron chi connectivity index (χ4n) is 2.35. The predicted molar refractivity (Wildman–Crippen MR) is 83.1 cm³/mol. The van der Waals surface area contributed by atoms with E-state index in [1.165, 1.54) is 0 Å². The standard InChI is InChI=1S/C15H28N4O2/c1-6-19(7-2)10-9-16-14(15(20)21-8-3)13-11-18(5)17-12(13)4/h11,14,16H,6-10H2,1-5H3. The number of hydrogen-bond donors (Lipinski definition) is 1. The lowest BCUT2D eigenvalue weighted by Crippen LogP contribution is -2.37. The quantitative estimate of drug-likeness (QED) is 0.695. The summed E-state index contributed by atoms with van der Waals surface area (Å²) in [5, 5.41) is 7.61. The van der Waals surface area contributed by atoms with E-state index in [0.29, 0.717) is 6.61 Å². The van der Waals surface area contributed by atoms with Gasteiger partial charge < -0.3 is 9.64 Å². The number of aromatic nitrogens is 2. The number of likely N-dealkylation sites (N-methyl/N-ethyl adjacent to an activating group) is 1. The molecule has 1 atom stereocenters. The molecule has 0 spiro atoms. The molecule has 0 aliphatic rings. The third-order valence-electron chi connectivity index (χ3n) is 3.56. The van der Waals surface area contributed by atoms with Gasteiger partial charge in [-0.2, -0.15) is 5.10 Å². The van der Waals surface area contributed by atoms with Crippen molar-refractivity contribution < 1.29 is 9.53 Å². The zero-order valence-corrected chi connectivity index (χ0v) is 13.8. The summed E-state index contributed by atoms with van der Waals surface area (Å²) in [6.45, 7) is 12.0. The van der Waals surface area contributed by atoms with E-state index in [4.69, 9.17) is 4.74 Å². The summed E-state index contributed by atoms with van der Waals surface area (Å²) in [5.74, 6) is -0.242. The van der Waals surface area contributed by atoms with Crippen LogP contribution in [0.4, 0.5) is 0 Å². The van der Waals surface area contributed by atoms with Gasteiger partial charge in [0.25, 0.3) is 0 Å². The first kappa shape index (κ1) is 17.7. The molecule has 0 saturated heterocycles. The van der Waals surface area contributed by atoms with Crippen LogP contribution in [0.3, 0.4) is 0 Å². The zero-order chi connectivity index (χ0) is 15.8. The van der Waals surface area contributed by atoms with Gasteiger partial charge in [0.1, 0.15) is 6.04 Å². The second-order valence-corrected chi connectivity index (χ2v) is 5.01. The highest BCUT2D eigenvalue weighted by molar-refractivity contribution is 5.77. The molecule has 1 N–H and O–H groups in total. The van der Waals surface area contributed by atoms with E-state index in [0.717, 1.165) is 37.4 Å². The molecule has 0 radical (unpaired) electrons. The Morgan fingerprint density at radius 2 is 2.10 bits per heavy atom. The molecular weight excluding hydrogens is 268 g/mol. The van der Waals surface area contributed by atoms with Crippen molar-refractivity contribution in [3.05, 3.63) is 17.5 Å². The second-order valence-electron chi connectivity index (χ2n) is 5.01. The number of nitrogens with zero attached hydrogens (tertiary/aromatic N) is 3. The Morgan fingerprint density at radius 1 is 1.43 bits per heavy atom. The van der Waals surface area contributed by atoms with Crippen molar-refractivity contribution in [1.29, 1.82) is 0 Å². The Kier molecular flexibility index (Phi) is 7.39. The molecule has 1 rings (SSSR count). The number of esters is 1. The molecule has 0 amide bonds. The van der Waals surface area contributed by atoms with E-state index in [-0.39, 0.29) is 5.97 Å². The van der Waals surface area contributed by atoms with Gasteiger partial charge in [-0.15, -0.1) is 0 Å². The molecule has 0 aliphatic carbocycles. The van der Waals surface area contributed by atoms with Crippen molar-refractivity contribution in [3.63, 3.8) is 0 Å². The van der Waals surface area contributed by atoms with Crippen LogP contribution in [0.2, 0.25) is 0 Å². The van der Waals surface area contributed by atoms with Crippen LogP contribution in [-0.4, -0.2) is 53.4 Å². The van der Waals surface area contributed by atoms with Crippen LogP contribution in [-0.2, 0) is 16.6 Å². The minimum Gasteiger partial charge on any atom is -0.465 e. The number of aryl methyl sites for hydroxylation is 2. The van der Waals surface area contributed by atoms with E-state index in [9.17, 15) is 4.79 Å². The molecule has 6 nitrogen and oxygen atoms in total. The average molecular weight is 296 g/mol. The van der Waals surface area contributed by atoms with Crippen LogP contribution in [0, 0.1) is 6.92 Å². The largest absolute Gasteiger partial charge is 0.465 e. The highest BCUT2D eigenvalue weighted by Gasteiger charge is 2.25. The topological polar surface area (TPSA) is 59.4 Å². The van der Waals surface area contributed by atoms with Crippen molar-refractivity contribution in [2.45, 2.75) is 33.7 Å². The third kappa shape index (κ3) is 5.13. The summed E-state index contributed by atoms with van der Waals surface area (Å²) >= 11 is 0. The van der Waals surface area contributed by atoms with Crippen molar-refractivity contribution in [2.75, 3.05) is 32.8 Å². The zero-order valence-electron chi connectivity index (χ0n) is 13.8. The summed E-state index contributed by atoms with van der Waals surface area (Å²) in [6, 6.07) is -0.450. The molecule has 1 aromatic rings. The van der Waals surface area contributed by atoms with E-state index >= 15 is 0 Å². The van der Waals surface area contributed by atoms with Crippen LogP contribution < -0.4 is 5.32 Å². The van der Waals surface area contributed by atoms with E-state index in [2.05, 4.69) is 29.2 Å². The molecule has 1 aromatic heterocycles. The van der Waals surface area contributed by atoms with E-state index in [1.54, 1.807) is 4.68 Å². The van der Waals surface area contributed by atoms with E-state index < -0.39 is 6.04 Å².